The molecule has 7 nitrogen and oxygen atoms in total. The maximum atomic E-state index is 13.3. The van der Waals surface area contributed by atoms with Gasteiger partial charge in [-0.3, -0.25) is 4.57 Å². The van der Waals surface area contributed by atoms with Crippen LogP contribution in [-0.4, -0.2) is 39.2 Å². The van der Waals surface area contributed by atoms with E-state index in [0.29, 0.717) is 17.7 Å². The number of thiol groups is 1. The second-order valence-electron chi connectivity index (χ2n) is 7.72. The number of benzene rings is 2. The van der Waals surface area contributed by atoms with E-state index in [1.54, 1.807) is 19.2 Å². The van der Waals surface area contributed by atoms with E-state index in [0.717, 1.165) is 22.7 Å². The molecule has 0 fully saturated rings. The number of methoxy groups -OCH3 is 1. The van der Waals surface area contributed by atoms with Crippen LogP contribution in [0.5, 0.6) is 5.75 Å². The Balaban J connectivity index is 1.65. The highest BCUT2D eigenvalue weighted by Gasteiger charge is 2.21. The lowest BCUT2D eigenvalue weighted by molar-refractivity contribution is 0.415. The molecule has 0 N–H and O–H groups in total. The average Bonchev–Trinajstić information content (AvgIpc) is 3.05. The molecule has 2 heterocycles. The highest BCUT2D eigenvalue weighted by molar-refractivity contribution is 7.78. The second kappa shape index (κ2) is 9.04. The van der Waals surface area contributed by atoms with Crippen molar-refractivity contribution in [2.45, 2.75) is 19.4 Å². The first-order valence-corrected chi connectivity index (χ1v) is 10.5. The van der Waals surface area contributed by atoms with Crippen molar-refractivity contribution in [1.29, 1.82) is 0 Å². The number of nitrogens with zero attached hydrogens (tertiary/aromatic N) is 5. The molecule has 9 heteroatoms. The Morgan fingerprint density at radius 3 is 2.47 bits per heavy atom. The Kier molecular flexibility index (Phi) is 6.18. The van der Waals surface area contributed by atoms with Gasteiger partial charge in [0.25, 0.3) is 0 Å². The van der Waals surface area contributed by atoms with Gasteiger partial charge in [0.15, 0.2) is 5.65 Å². The van der Waals surface area contributed by atoms with Crippen LogP contribution < -0.4 is 15.3 Å². The summed E-state index contributed by atoms with van der Waals surface area (Å²) in [6.07, 6.45) is 1.47. The number of fused-ring (bicyclic) bond motifs is 1. The fraction of sp³-hybridized carbons (Fsp3) is 0.261. The Bertz CT molecular complexity index is 1280. The SMILES string of the molecule is COc1ccc(N(C)CC(C)c2ncnc3c2n(S)c(=O)n3Cc2ccc(F)cc2)cc1. The van der Waals surface area contributed by atoms with Crippen LogP contribution in [0.15, 0.2) is 59.7 Å². The van der Waals surface area contributed by atoms with Crippen molar-refractivity contribution in [3.8, 4) is 5.75 Å². The van der Waals surface area contributed by atoms with Gasteiger partial charge in [0.05, 0.1) is 19.3 Å². The Morgan fingerprint density at radius 2 is 1.81 bits per heavy atom. The molecule has 0 aliphatic heterocycles. The number of hydrogen-bond donors (Lipinski definition) is 1. The molecule has 0 amide bonds. The fourth-order valence-corrected chi connectivity index (χ4v) is 4.10. The highest BCUT2D eigenvalue weighted by atomic mass is 32.1. The van der Waals surface area contributed by atoms with E-state index in [2.05, 4.69) is 34.6 Å². The molecular weight excluding hydrogens is 429 g/mol. The number of rotatable bonds is 7. The summed E-state index contributed by atoms with van der Waals surface area (Å²) in [5.74, 6) is 0.471. The molecule has 1 atom stereocenters. The first kappa shape index (κ1) is 21.9. The number of halogens is 1. The van der Waals surface area contributed by atoms with Gasteiger partial charge in [0.1, 0.15) is 23.4 Å². The molecule has 0 aliphatic rings. The summed E-state index contributed by atoms with van der Waals surface area (Å²) in [7, 11) is 3.64. The van der Waals surface area contributed by atoms with Crippen LogP contribution in [-0.2, 0) is 6.54 Å². The van der Waals surface area contributed by atoms with Gasteiger partial charge in [-0.05, 0) is 42.0 Å². The van der Waals surface area contributed by atoms with E-state index in [-0.39, 0.29) is 24.0 Å². The number of hydrogen-bond acceptors (Lipinski definition) is 6. The summed E-state index contributed by atoms with van der Waals surface area (Å²) < 4.78 is 21.3. The number of imidazole rings is 1. The minimum atomic E-state index is -0.322. The summed E-state index contributed by atoms with van der Waals surface area (Å²) in [6, 6.07) is 13.9. The van der Waals surface area contributed by atoms with Gasteiger partial charge in [-0.2, -0.15) is 0 Å². The van der Waals surface area contributed by atoms with E-state index in [4.69, 9.17) is 4.74 Å². The summed E-state index contributed by atoms with van der Waals surface area (Å²) in [4.78, 5) is 23.9. The molecule has 2 aromatic carbocycles. The van der Waals surface area contributed by atoms with Crippen molar-refractivity contribution in [3.63, 3.8) is 0 Å². The standard InChI is InChI=1S/C23H24FN5O2S/c1-15(12-27(2)18-8-10-19(31-3)11-9-18)20-21-22(26-14-25-20)28(23(30)29(21)32)13-16-4-6-17(24)7-5-16/h4-11,14-15,32H,12-13H2,1-3H3. The zero-order valence-electron chi connectivity index (χ0n) is 18.1. The molecule has 0 radical (unpaired) electrons. The Labute approximate surface area is 190 Å². The number of likely N-dealkylation sites (N-methyl/N-ethyl adjacent to an activating group) is 1. The van der Waals surface area contributed by atoms with Crippen molar-refractivity contribution in [2.75, 3.05) is 25.6 Å². The topological polar surface area (TPSA) is 65.2 Å². The molecule has 32 heavy (non-hydrogen) atoms. The quantitative estimate of drug-likeness (QED) is 0.432. The lowest BCUT2D eigenvalue weighted by atomic mass is 10.1. The number of ether oxygens (including phenoxy) is 1. The summed E-state index contributed by atoms with van der Waals surface area (Å²) >= 11 is 4.43. The van der Waals surface area contributed by atoms with E-state index in [1.807, 2.05) is 31.3 Å². The van der Waals surface area contributed by atoms with Gasteiger partial charge in [0, 0.05) is 25.2 Å². The predicted molar refractivity (Wildman–Crippen MR) is 126 cm³/mol. The van der Waals surface area contributed by atoms with Gasteiger partial charge >= 0.3 is 5.69 Å². The molecule has 4 aromatic rings. The summed E-state index contributed by atoms with van der Waals surface area (Å²) in [5, 5.41) is 0. The van der Waals surface area contributed by atoms with Crippen LogP contribution in [0, 0.1) is 5.82 Å². The monoisotopic (exact) mass is 453 g/mol. The first-order valence-electron chi connectivity index (χ1n) is 10.1. The minimum absolute atomic E-state index is 0.00734. The van der Waals surface area contributed by atoms with Gasteiger partial charge in [0.2, 0.25) is 0 Å². The summed E-state index contributed by atoms with van der Waals surface area (Å²) in [5.41, 5.74) is 3.34. The molecule has 4 rings (SSSR count). The maximum Gasteiger partial charge on any atom is 0.340 e. The predicted octanol–water partition coefficient (Wildman–Crippen LogP) is 3.72. The van der Waals surface area contributed by atoms with Gasteiger partial charge in [-0.25, -0.2) is 23.1 Å². The fourth-order valence-electron chi connectivity index (χ4n) is 3.80. The number of aromatic nitrogens is 4. The molecule has 166 valence electrons. The molecule has 2 aromatic heterocycles. The smallest absolute Gasteiger partial charge is 0.340 e. The van der Waals surface area contributed by atoms with Gasteiger partial charge in [-0.15, -0.1) is 0 Å². The van der Waals surface area contributed by atoms with Crippen LogP contribution >= 0.6 is 12.8 Å². The van der Waals surface area contributed by atoms with E-state index < -0.39 is 0 Å². The first-order chi connectivity index (χ1) is 15.4. The molecule has 0 saturated heterocycles. The average molecular weight is 454 g/mol. The maximum absolute atomic E-state index is 13.3. The van der Waals surface area contributed by atoms with Crippen molar-refractivity contribution >= 4 is 29.7 Å². The number of anilines is 1. The zero-order valence-corrected chi connectivity index (χ0v) is 19.0. The van der Waals surface area contributed by atoms with Crippen molar-refractivity contribution in [3.05, 3.63) is 82.4 Å². The Hall–Kier alpha value is -3.33. The second-order valence-corrected chi connectivity index (χ2v) is 8.12. The highest BCUT2D eigenvalue weighted by Crippen LogP contribution is 2.26. The zero-order chi connectivity index (χ0) is 22.8. The van der Waals surface area contributed by atoms with Crippen molar-refractivity contribution in [1.82, 2.24) is 18.5 Å². The minimum Gasteiger partial charge on any atom is -0.497 e. The lowest BCUT2D eigenvalue weighted by Crippen LogP contribution is -2.24. The van der Waals surface area contributed by atoms with E-state index in [9.17, 15) is 9.18 Å². The largest absolute Gasteiger partial charge is 0.497 e. The van der Waals surface area contributed by atoms with Gasteiger partial charge in [-0.1, -0.05) is 31.9 Å². The third kappa shape index (κ3) is 4.20. The lowest BCUT2D eigenvalue weighted by Gasteiger charge is -2.23. The van der Waals surface area contributed by atoms with Crippen LogP contribution in [0.25, 0.3) is 11.2 Å². The molecule has 0 aliphatic carbocycles. The van der Waals surface area contributed by atoms with Gasteiger partial charge < -0.3 is 9.64 Å². The van der Waals surface area contributed by atoms with Crippen molar-refractivity contribution < 1.29 is 9.13 Å². The van der Waals surface area contributed by atoms with E-state index in [1.165, 1.54) is 27.0 Å². The third-order valence-electron chi connectivity index (χ3n) is 5.49. The summed E-state index contributed by atoms with van der Waals surface area (Å²) in [6.45, 7) is 2.99. The molecule has 1 unspecified atom stereocenters. The molecule has 0 spiro atoms. The van der Waals surface area contributed by atoms with E-state index >= 15 is 0 Å². The van der Waals surface area contributed by atoms with Crippen LogP contribution in [0.2, 0.25) is 0 Å². The normalized spacial score (nSPS) is 12.2. The molecule has 0 saturated carbocycles. The third-order valence-corrected chi connectivity index (χ3v) is 5.86. The molecule has 0 bridgehead atoms. The molecular formula is C23H24FN5O2S. The van der Waals surface area contributed by atoms with Crippen LogP contribution in [0.3, 0.4) is 0 Å². The van der Waals surface area contributed by atoms with Crippen LogP contribution in [0.1, 0.15) is 24.1 Å². The van der Waals surface area contributed by atoms with Crippen molar-refractivity contribution in [2.24, 2.45) is 0 Å². The van der Waals surface area contributed by atoms with Crippen LogP contribution in [0.4, 0.5) is 10.1 Å². The Morgan fingerprint density at radius 1 is 1.12 bits per heavy atom.